The predicted molar refractivity (Wildman–Crippen MR) is 85.7 cm³/mol. The summed E-state index contributed by atoms with van der Waals surface area (Å²) in [5.41, 5.74) is 1.93. The number of furan rings is 1. The number of amides is 1. The first kappa shape index (κ1) is 14.8. The molecule has 6 heteroatoms. The minimum absolute atomic E-state index is 0.103. The van der Waals surface area contributed by atoms with Crippen molar-refractivity contribution in [2.75, 3.05) is 0 Å². The zero-order valence-electron chi connectivity index (χ0n) is 12.6. The van der Waals surface area contributed by atoms with E-state index >= 15 is 0 Å². The molecule has 1 aromatic carbocycles. The molecule has 1 N–H and O–H groups in total. The Morgan fingerprint density at radius 2 is 2.13 bits per heavy atom. The van der Waals surface area contributed by atoms with Gasteiger partial charge < -0.3 is 9.73 Å². The molecule has 2 heterocycles. The monoisotopic (exact) mass is 308 g/mol. The number of nitrogens with one attached hydrogen (secondary N) is 1. The molecule has 2 aromatic heterocycles. The number of carbonyl (C=O) groups is 1. The molecule has 0 aliphatic heterocycles. The highest BCUT2D eigenvalue weighted by molar-refractivity contribution is 5.91. The predicted octanol–water partition coefficient (Wildman–Crippen LogP) is 2.75. The Balaban J connectivity index is 1.61. The number of rotatable bonds is 5. The first-order chi connectivity index (χ1) is 11.2. The lowest BCUT2D eigenvalue weighted by Crippen LogP contribution is -2.24. The van der Waals surface area contributed by atoms with E-state index in [4.69, 9.17) is 4.42 Å². The molecule has 0 saturated heterocycles. The average molecular weight is 308 g/mol. The summed E-state index contributed by atoms with van der Waals surface area (Å²) >= 11 is 0. The molecule has 116 valence electrons. The van der Waals surface area contributed by atoms with Gasteiger partial charge in [-0.15, -0.1) is 0 Å². The highest BCUT2D eigenvalue weighted by Crippen LogP contribution is 2.15. The average Bonchev–Trinajstić information content (AvgIpc) is 3.26. The summed E-state index contributed by atoms with van der Waals surface area (Å²) in [4.78, 5) is 15.8. The lowest BCUT2D eigenvalue weighted by Gasteiger charge is -2.13. The molecule has 23 heavy (non-hydrogen) atoms. The normalized spacial score (nSPS) is 12.4. The van der Waals surface area contributed by atoms with E-state index in [9.17, 15) is 4.79 Å². The fraction of sp³-hybridized carbons (Fsp3) is 0.118. The van der Waals surface area contributed by atoms with Crippen molar-refractivity contribution < 1.29 is 9.21 Å². The van der Waals surface area contributed by atoms with Crippen LogP contribution in [-0.4, -0.2) is 20.7 Å². The lowest BCUT2D eigenvalue weighted by molar-refractivity contribution is -0.117. The number of benzene rings is 1. The van der Waals surface area contributed by atoms with Crippen LogP contribution in [0.2, 0.25) is 0 Å². The van der Waals surface area contributed by atoms with Crippen molar-refractivity contribution >= 4 is 12.0 Å². The zero-order chi connectivity index (χ0) is 16.1. The van der Waals surface area contributed by atoms with Crippen LogP contribution in [0.5, 0.6) is 0 Å². The van der Waals surface area contributed by atoms with Crippen molar-refractivity contribution in [1.82, 2.24) is 20.1 Å². The zero-order valence-corrected chi connectivity index (χ0v) is 12.6. The van der Waals surface area contributed by atoms with Gasteiger partial charge in [0, 0.05) is 6.08 Å². The number of hydrogen-bond donors (Lipinski definition) is 1. The van der Waals surface area contributed by atoms with Crippen molar-refractivity contribution in [3.63, 3.8) is 0 Å². The maximum absolute atomic E-state index is 11.9. The topological polar surface area (TPSA) is 73.0 Å². The molecule has 0 fully saturated rings. The third-order valence-electron chi connectivity index (χ3n) is 3.38. The van der Waals surface area contributed by atoms with Gasteiger partial charge in [-0.05, 0) is 42.8 Å². The third kappa shape index (κ3) is 3.74. The molecule has 0 saturated carbocycles. The van der Waals surface area contributed by atoms with Gasteiger partial charge in [-0.3, -0.25) is 4.79 Å². The standard InChI is InChI=1S/C17H16N4O2/c1-13(20-17(22)9-8-16-3-2-10-23-16)14-4-6-15(7-5-14)21-12-18-11-19-21/h2-13H,1H3,(H,20,22). The summed E-state index contributed by atoms with van der Waals surface area (Å²) in [5, 5.41) is 6.99. The van der Waals surface area contributed by atoms with Crippen molar-refractivity contribution in [2.45, 2.75) is 13.0 Å². The first-order valence-electron chi connectivity index (χ1n) is 7.19. The van der Waals surface area contributed by atoms with Crippen molar-refractivity contribution in [1.29, 1.82) is 0 Å². The third-order valence-corrected chi connectivity index (χ3v) is 3.38. The van der Waals surface area contributed by atoms with Crippen LogP contribution in [0.3, 0.4) is 0 Å². The van der Waals surface area contributed by atoms with Crippen molar-refractivity contribution in [3.05, 3.63) is 72.7 Å². The summed E-state index contributed by atoms with van der Waals surface area (Å²) in [6.45, 7) is 1.93. The van der Waals surface area contributed by atoms with E-state index in [1.165, 1.54) is 12.4 Å². The fourth-order valence-corrected chi connectivity index (χ4v) is 2.15. The van der Waals surface area contributed by atoms with Gasteiger partial charge in [-0.25, -0.2) is 9.67 Å². The molecule has 0 bridgehead atoms. The van der Waals surface area contributed by atoms with E-state index in [2.05, 4.69) is 15.4 Å². The van der Waals surface area contributed by atoms with Crippen LogP contribution in [0, 0.1) is 0 Å². The molecule has 6 nitrogen and oxygen atoms in total. The van der Waals surface area contributed by atoms with Gasteiger partial charge in [-0.1, -0.05) is 12.1 Å². The number of aromatic nitrogens is 3. The van der Waals surface area contributed by atoms with Gasteiger partial charge in [0.15, 0.2) is 0 Å². The first-order valence-corrected chi connectivity index (χ1v) is 7.19. The Bertz CT molecular complexity index is 775. The second-order valence-electron chi connectivity index (χ2n) is 5.01. The summed E-state index contributed by atoms with van der Waals surface area (Å²) in [5.74, 6) is 0.472. The molecule has 1 atom stereocenters. The Hall–Kier alpha value is -3.15. The number of hydrogen-bond acceptors (Lipinski definition) is 4. The van der Waals surface area contributed by atoms with Gasteiger partial charge in [-0.2, -0.15) is 5.10 Å². The van der Waals surface area contributed by atoms with Crippen LogP contribution in [0.15, 0.2) is 65.8 Å². The Kier molecular flexibility index (Phi) is 4.33. The van der Waals surface area contributed by atoms with Gasteiger partial charge in [0.1, 0.15) is 18.4 Å². The molecule has 0 aliphatic carbocycles. The second kappa shape index (κ2) is 6.74. The molecule has 0 radical (unpaired) electrons. The maximum Gasteiger partial charge on any atom is 0.244 e. The molecular formula is C17H16N4O2. The van der Waals surface area contributed by atoms with Crippen molar-refractivity contribution in [3.8, 4) is 5.69 Å². The summed E-state index contributed by atoms with van der Waals surface area (Å²) in [6, 6.07) is 11.2. The van der Waals surface area contributed by atoms with Crippen LogP contribution < -0.4 is 5.32 Å². The van der Waals surface area contributed by atoms with Crippen LogP contribution in [-0.2, 0) is 4.79 Å². The van der Waals surface area contributed by atoms with Gasteiger partial charge in [0.25, 0.3) is 0 Å². The second-order valence-corrected chi connectivity index (χ2v) is 5.01. The van der Waals surface area contributed by atoms with E-state index in [0.717, 1.165) is 11.3 Å². The van der Waals surface area contributed by atoms with Gasteiger partial charge >= 0.3 is 0 Å². The quantitative estimate of drug-likeness (QED) is 0.736. The number of carbonyl (C=O) groups excluding carboxylic acids is 1. The van der Waals surface area contributed by atoms with E-state index < -0.39 is 0 Å². The molecule has 1 amide bonds. The minimum atomic E-state index is -0.172. The van der Waals surface area contributed by atoms with Crippen LogP contribution >= 0.6 is 0 Å². The fourth-order valence-electron chi connectivity index (χ4n) is 2.15. The largest absolute Gasteiger partial charge is 0.465 e. The molecule has 0 spiro atoms. The summed E-state index contributed by atoms with van der Waals surface area (Å²) < 4.78 is 6.82. The molecular weight excluding hydrogens is 292 g/mol. The highest BCUT2D eigenvalue weighted by atomic mass is 16.3. The van der Waals surface area contributed by atoms with Crippen LogP contribution in [0.25, 0.3) is 11.8 Å². The SMILES string of the molecule is CC(NC(=O)C=Cc1ccco1)c1ccc(-n2cncn2)cc1. The van der Waals surface area contributed by atoms with Crippen LogP contribution in [0.1, 0.15) is 24.3 Å². The molecule has 0 aliphatic rings. The maximum atomic E-state index is 11.9. The summed E-state index contributed by atoms with van der Waals surface area (Å²) in [7, 11) is 0. The van der Waals surface area contributed by atoms with Gasteiger partial charge in [0.05, 0.1) is 18.0 Å². The summed E-state index contributed by atoms with van der Waals surface area (Å²) in [6.07, 6.45) is 7.79. The van der Waals surface area contributed by atoms with Crippen molar-refractivity contribution in [2.24, 2.45) is 0 Å². The van der Waals surface area contributed by atoms with E-state index in [1.807, 2.05) is 31.2 Å². The smallest absolute Gasteiger partial charge is 0.244 e. The molecule has 3 rings (SSSR count). The lowest BCUT2D eigenvalue weighted by atomic mass is 10.1. The Labute approximate surface area is 133 Å². The molecule has 3 aromatic rings. The Morgan fingerprint density at radius 1 is 1.30 bits per heavy atom. The van der Waals surface area contributed by atoms with Crippen LogP contribution in [0.4, 0.5) is 0 Å². The molecule has 1 unspecified atom stereocenters. The Morgan fingerprint density at radius 3 is 2.78 bits per heavy atom. The van der Waals surface area contributed by atoms with E-state index in [1.54, 1.807) is 35.5 Å². The van der Waals surface area contributed by atoms with Gasteiger partial charge in [0.2, 0.25) is 5.91 Å². The highest BCUT2D eigenvalue weighted by Gasteiger charge is 2.08. The minimum Gasteiger partial charge on any atom is -0.465 e. The van der Waals surface area contributed by atoms with E-state index in [0.29, 0.717) is 5.76 Å². The van der Waals surface area contributed by atoms with E-state index in [-0.39, 0.29) is 11.9 Å². The number of nitrogens with zero attached hydrogens (tertiary/aromatic N) is 3.